The fourth-order valence-corrected chi connectivity index (χ4v) is 4.58. The van der Waals surface area contributed by atoms with Crippen molar-refractivity contribution in [3.63, 3.8) is 0 Å². The number of alkyl halides is 3. The van der Waals surface area contributed by atoms with E-state index in [1.54, 1.807) is 10.7 Å². The zero-order valence-electron chi connectivity index (χ0n) is 19.9. The molecule has 198 valence electrons. The molecular formula is C25H25F5N4O3. The van der Waals surface area contributed by atoms with Crippen LogP contribution in [0.4, 0.5) is 27.8 Å². The first-order valence-corrected chi connectivity index (χ1v) is 11.9. The Hall–Kier alpha value is -3.25. The maximum Gasteiger partial charge on any atom is 0.417 e. The van der Waals surface area contributed by atoms with Crippen LogP contribution in [-0.2, 0) is 22.2 Å². The van der Waals surface area contributed by atoms with Crippen LogP contribution in [-0.4, -0.2) is 53.5 Å². The second-order valence-electron chi connectivity index (χ2n) is 9.15. The highest BCUT2D eigenvalue weighted by molar-refractivity contribution is 5.61. The highest BCUT2D eigenvalue weighted by Gasteiger charge is 2.33. The molecule has 0 spiro atoms. The van der Waals surface area contributed by atoms with Gasteiger partial charge >= 0.3 is 6.18 Å². The Labute approximate surface area is 209 Å². The van der Waals surface area contributed by atoms with Crippen LogP contribution in [0.15, 0.2) is 42.6 Å². The van der Waals surface area contributed by atoms with E-state index < -0.39 is 29.7 Å². The van der Waals surface area contributed by atoms with E-state index in [2.05, 4.69) is 10.1 Å². The molecule has 0 radical (unpaired) electrons. The zero-order chi connectivity index (χ0) is 26.2. The summed E-state index contributed by atoms with van der Waals surface area (Å²) in [5.41, 5.74) is -0.0406. The predicted octanol–water partition coefficient (Wildman–Crippen LogP) is 4.91. The average molecular weight is 524 g/mol. The Morgan fingerprint density at radius 2 is 1.78 bits per heavy atom. The van der Waals surface area contributed by atoms with Gasteiger partial charge in [-0.25, -0.2) is 13.8 Å². The SMILES string of the molecule is C[C@@H]1CN(c2ccc(C(F)(F)F)cn2)CC[C@H]1Oc1cc(-c2cc(F)cc(F)c2)n(CC2OCCO2)n1. The summed E-state index contributed by atoms with van der Waals surface area (Å²) in [5.74, 6) is -0.669. The molecule has 0 unspecified atom stereocenters. The van der Waals surface area contributed by atoms with Crippen LogP contribution >= 0.6 is 0 Å². The number of ether oxygens (including phenoxy) is 3. The van der Waals surface area contributed by atoms with Gasteiger partial charge in [-0.15, -0.1) is 5.10 Å². The molecule has 2 aromatic heterocycles. The van der Waals surface area contributed by atoms with Crippen molar-refractivity contribution >= 4 is 5.82 Å². The van der Waals surface area contributed by atoms with E-state index >= 15 is 0 Å². The van der Waals surface area contributed by atoms with Gasteiger partial charge in [-0.2, -0.15) is 13.2 Å². The Kier molecular flexibility index (Phi) is 7.04. The van der Waals surface area contributed by atoms with Crippen molar-refractivity contribution in [3.8, 4) is 17.1 Å². The van der Waals surface area contributed by atoms with Gasteiger partial charge in [0.1, 0.15) is 23.6 Å². The van der Waals surface area contributed by atoms with Crippen LogP contribution in [0.1, 0.15) is 18.9 Å². The van der Waals surface area contributed by atoms with Gasteiger partial charge in [0, 0.05) is 49.3 Å². The minimum Gasteiger partial charge on any atom is -0.473 e. The average Bonchev–Trinajstić information content (AvgIpc) is 3.49. The summed E-state index contributed by atoms with van der Waals surface area (Å²) in [6, 6.07) is 7.25. The summed E-state index contributed by atoms with van der Waals surface area (Å²) >= 11 is 0. The normalized spacial score (nSPS) is 21.0. The van der Waals surface area contributed by atoms with Crippen molar-refractivity contribution in [2.24, 2.45) is 5.92 Å². The molecule has 2 fully saturated rings. The molecule has 0 amide bonds. The van der Waals surface area contributed by atoms with E-state index in [1.165, 1.54) is 18.2 Å². The number of anilines is 1. The van der Waals surface area contributed by atoms with E-state index in [1.807, 2.05) is 11.8 Å². The lowest BCUT2D eigenvalue weighted by Crippen LogP contribution is -2.44. The molecule has 1 aromatic carbocycles. The topological polar surface area (TPSA) is 61.6 Å². The summed E-state index contributed by atoms with van der Waals surface area (Å²) in [4.78, 5) is 5.90. The molecule has 7 nitrogen and oxygen atoms in total. The largest absolute Gasteiger partial charge is 0.473 e. The first kappa shape index (κ1) is 25.4. The van der Waals surface area contributed by atoms with E-state index in [0.29, 0.717) is 49.8 Å². The third kappa shape index (κ3) is 5.85. The fraction of sp³-hybridized carbons (Fsp3) is 0.440. The van der Waals surface area contributed by atoms with Gasteiger partial charge in [0.05, 0.1) is 31.0 Å². The van der Waals surface area contributed by atoms with Crippen LogP contribution < -0.4 is 9.64 Å². The molecule has 2 saturated heterocycles. The summed E-state index contributed by atoms with van der Waals surface area (Å²) in [5, 5.41) is 4.50. The van der Waals surface area contributed by atoms with Crippen LogP contribution in [0.25, 0.3) is 11.3 Å². The van der Waals surface area contributed by atoms with Gasteiger partial charge < -0.3 is 19.1 Å². The number of benzene rings is 1. The van der Waals surface area contributed by atoms with E-state index in [0.717, 1.165) is 18.3 Å². The second-order valence-corrected chi connectivity index (χ2v) is 9.15. The number of rotatable bonds is 6. The Morgan fingerprint density at radius 3 is 2.41 bits per heavy atom. The predicted molar refractivity (Wildman–Crippen MR) is 123 cm³/mol. The fourth-order valence-electron chi connectivity index (χ4n) is 4.58. The highest BCUT2D eigenvalue weighted by Crippen LogP contribution is 2.32. The molecule has 3 aromatic rings. The van der Waals surface area contributed by atoms with Crippen LogP contribution in [0.3, 0.4) is 0 Å². The molecular weight excluding hydrogens is 499 g/mol. The van der Waals surface area contributed by atoms with Gasteiger partial charge in [0.25, 0.3) is 0 Å². The Bertz CT molecular complexity index is 1210. The van der Waals surface area contributed by atoms with Crippen molar-refractivity contribution < 1.29 is 36.2 Å². The Morgan fingerprint density at radius 1 is 1.05 bits per heavy atom. The van der Waals surface area contributed by atoms with Crippen molar-refractivity contribution in [3.05, 3.63) is 59.8 Å². The summed E-state index contributed by atoms with van der Waals surface area (Å²) in [6.45, 7) is 4.13. The summed E-state index contributed by atoms with van der Waals surface area (Å²) in [6.07, 6.45) is -3.79. The maximum absolute atomic E-state index is 13.9. The number of hydrogen-bond acceptors (Lipinski definition) is 6. The monoisotopic (exact) mass is 524 g/mol. The number of aromatic nitrogens is 3. The third-order valence-corrected chi connectivity index (χ3v) is 6.43. The van der Waals surface area contributed by atoms with Crippen molar-refractivity contribution in [1.82, 2.24) is 14.8 Å². The molecule has 4 heterocycles. The third-order valence-electron chi connectivity index (χ3n) is 6.43. The number of pyridine rings is 1. The second kappa shape index (κ2) is 10.3. The van der Waals surface area contributed by atoms with E-state index in [4.69, 9.17) is 14.2 Å². The van der Waals surface area contributed by atoms with Gasteiger partial charge in [-0.1, -0.05) is 6.92 Å². The number of hydrogen-bond donors (Lipinski definition) is 0. The van der Waals surface area contributed by atoms with Gasteiger partial charge in [0.2, 0.25) is 5.88 Å². The Balaban J connectivity index is 1.31. The standard InChI is InChI=1S/C25H25F5N4O3/c1-15-13-33(22-3-2-17(12-31-22)25(28,29)30)5-4-21(15)37-23-11-20(16-8-18(26)10-19(27)9-16)34(32-23)14-24-35-6-7-36-24/h2-3,8-12,15,21,24H,4-7,13-14H2,1H3/t15-,21-/m1/s1. The molecule has 5 rings (SSSR count). The van der Waals surface area contributed by atoms with Crippen LogP contribution in [0.2, 0.25) is 0 Å². The first-order chi connectivity index (χ1) is 17.7. The maximum atomic E-state index is 13.9. The molecule has 0 N–H and O–H groups in total. The molecule has 2 aliphatic rings. The molecule has 0 bridgehead atoms. The van der Waals surface area contributed by atoms with Gasteiger partial charge in [-0.3, -0.25) is 4.68 Å². The van der Waals surface area contributed by atoms with Crippen molar-refractivity contribution in [2.45, 2.75) is 38.5 Å². The van der Waals surface area contributed by atoms with Gasteiger partial charge in [-0.05, 0) is 24.3 Å². The molecule has 12 heteroatoms. The van der Waals surface area contributed by atoms with Crippen molar-refractivity contribution in [1.29, 1.82) is 0 Å². The van der Waals surface area contributed by atoms with E-state index in [9.17, 15) is 22.0 Å². The zero-order valence-corrected chi connectivity index (χ0v) is 19.9. The summed E-state index contributed by atoms with van der Waals surface area (Å²) < 4.78 is 85.1. The molecule has 2 aliphatic heterocycles. The van der Waals surface area contributed by atoms with Gasteiger partial charge in [0.15, 0.2) is 6.29 Å². The van der Waals surface area contributed by atoms with E-state index in [-0.39, 0.29) is 24.4 Å². The van der Waals surface area contributed by atoms with Crippen molar-refractivity contribution in [2.75, 3.05) is 31.2 Å². The highest BCUT2D eigenvalue weighted by atomic mass is 19.4. The quantitative estimate of drug-likeness (QED) is 0.427. The number of piperidine rings is 1. The summed E-state index contributed by atoms with van der Waals surface area (Å²) in [7, 11) is 0. The molecule has 2 atom stereocenters. The minimum atomic E-state index is -4.44. The lowest BCUT2D eigenvalue weighted by atomic mass is 9.96. The lowest BCUT2D eigenvalue weighted by molar-refractivity contribution is -0.137. The molecule has 0 aliphatic carbocycles. The minimum absolute atomic E-state index is 0.000412. The number of halogens is 5. The molecule has 0 saturated carbocycles. The van der Waals surface area contributed by atoms with Crippen LogP contribution in [0, 0.1) is 17.6 Å². The van der Waals surface area contributed by atoms with Crippen LogP contribution in [0.5, 0.6) is 5.88 Å². The number of nitrogens with zero attached hydrogens (tertiary/aromatic N) is 4. The molecule has 37 heavy (non-hydrogen) atoms. The lowest BCUT2D eigenvalue weighted by Gasteiger charge is -2.37. The first-order valence-electron chi connectivity index (χ1n) is 11.9. The smallest absolute Gasteiger partial charge is 0.417 e.